The lowest BCUT2D eigenvalue weighted by Gasteiger charge is -2.12. The van der Waals surface area contributed by atoms with E-state index in [2.05, 4.69) is 4.98 Å². The van der Waals surface area contributed by atoms with Crippen LogP contribution in [0.2, 0.25) is 0 Å². The number of aromatic amines is 1. The van der Waals surface area contributed by atoms with Crippen molar-refractivity contribution in [1.82, 2.24) is 4.98 Å². The first kappa shape index (κ1) is 10.5. The number of H-pyrrole nitrogens is 1. The molecule has 0 saturated carbocycles. The molecule has 1 aromatic heterocycles. The van der Waals surface area contributed by atoms with Crippen molar-refractivity contribution in [3.63, 3.8) is 0 Å². The molecule has 3 heteroatoms. The van der Waals surface area contributed by atoms with Gasteiger partial charge in [0.15, 0.2) is 6.10 Å². The van der Waals surface area contributed by atoms with Crippen LogP contribution < -0.4 is 4.74 Å². The molecule has 1 unspecified atom stereocenters. The van der Waals surface area contributed by atoms with Gasteiger partial charge in [0.1, 0.15) is 5.75 Å². The van der Waals surface area contributed by atoms with Crippen molar-refractivity contribution in [2.24, 2.45) is 0 Å². The van der Waals surface area contributed by atoms with E-state index in [1.165, 1.54) is 0 Å². The zero-order chi connectivity index (χ0) is 11.4. The van der Waals surface area contributed by atoms with Crippen LogP contribution in [-0.2, 0) is 0 Å². The minimum absolute atomic E-state index is 0.0474. The number of para-hydroxylation sites is 1. The van der Waals surface area contributed by atoms with Gasteiger partial charge in [-0.2, -0.15) is 0 Å². The summed E-state index contributed by atoms with van der Waals surface area (Å²) in [4.78, 5) is 14.7. The molecule has 3 nitrogen and oxygen atoms in total. The molecule has 0 saturated heterocycles. The Kier molecular flexibility index (Phi) is 3.05. The van der Waals surface area contributed by atoms with Gasteiger partial charge >= 0.3 is 0 Å². The molecular formula is C13H13NO2. The first-order valence-corrected chi connectivity index (χ1v) is 5.16. The van der Waals surface area contributed by atoms with Crippen molar-refractivity contribution in [3.8, 4) is 5.75 Å². The summed E-state index contributed by atoms with van der Waals surface area (Å²) in [5, 5.41) is 0. The number of Topliss-reactive ketones (excluding diaryl/α,β-unsaturated/α-hetero) is 1. The number of rotatable bonds is 4. The quantitative estimate of drug-likeness (QED) is 0.797. The van der Waals surface area contributed by atoms with E-state index in [0.717, 1.165) is 0 Å². The maximum Gasteiger partial charge on any atom is 0.219 e. The number of aromatic nitrogens is 1. The van der Waals surface area contributed by atoms with Crippen molar-refractivity contribution in [1.29, 1.82) is 0 Å². The maximum atomic E-state index is 11.9. The van der Waals surface area contributed by atoms with Gasteiger partial charge in [-0.05, 0) is 31.2 Å². The Morgan fingerprint density at radius 3 is 2.56 bits per heavy atom. The maximum absolute atomic E-state index is 11.9. The van der Waals surface area contributed by atoms with Crippen molar-refractivity contribution in [3.05, 3.63) is 54.4 Å². The van der Waals surface area contributed by atoms with Gasteiger partial charge in [0, 0.05) is 6.20 Å². The number of hydrogen-bond donors (Lipinski definition) is 1. The van der Waals surface area contributed by atoms with E-state index in [0.29, 0.717) is 11.4 Å². The Morgan fingerprint density at radius 1 is 1.19 bits per heavy atom. The van der Waals surface area contributed by atoms with Gasteiger partial charge in [0.25, 0.3) is 0 Å². The fraction of sp³-hybridized carbons (Fsp3) is 0.154. The summed E-state index contributed by atoms with van der Waals surface area (Å²) in [7, 11) is 0. The Hall–Kier alpha value is -2.03. The average Bonchev–Trinajstić information content (AvgIpc) is 2.83. The first-order chi connectivity index (χ1) is 7.77. The fourth-order valence-electron chi connectivity index (χ4n) is 1.46. The Morgan fingerprint density at radius 2 is 1.94 bits per heavy atom. The molecule has 2 rings (SSSR count). The second-order valence-electron chi connectivity index (χ2n) is 3.52. The zero-order valence-corrected chi connectivity index (χ0v) is 9.01. The molecule has 2 aromatic rings. The Labute approximate surface area is 94.1 Å². The number of ketones is 1. The molecule has 0 aliphatic carbocycles. The van der Waals surface area contributed by atoms with Crippen LogP contribution in [0.15, 0.2) is 48.7 Å². The smallest absolute Gasteiger partial charge is 0.219 e. The van der Waals surface area contributed by atoms with E-state index in [-0.39, 0.29) is 5.78 Å². The molecule has 0 fully saturated rings. The summed E-state index contributed by atoms with van der Waals surface area (Å²) in [5.41, 5.74) is 0.573. The summed E-state index contributed by atoms with van der Waals surface area (Å²) >= 11 is 0. The normalized spacial score (nSPS) is 12.1. The van der Waals surface area contributed by atoms with Gasteiger partial charge in [-0.15, -0.1) is 0 Å². The highest BCUT2D eigenvalue weighted by Gasteiger charge is 2.17. The van der Waals surface area contributed by atoms with Crippen molar-refractivity contribution in [2.45, 2.75) is 13.0 Å². The highest BCUT2D eigenvalue weighted by Crippen LogP contribution is 2.12. The molecule has 0 spiro atoms. The molecule has 0 bridgehead atoms. The van der Waals surface area contributed by atoms with Gasteiger partial charge in [-0.1, -0.05) is 18.2 Å². The SMILES string of the molecule is CC(Oc1ccccc1)C(=O)c1ccc[nH]1. The molecule has 16 heavy (non-hydrogen) atoms. The molecule has 0 aliphatic heterocycles. The van der Waals surface area contributed by atoms with E-state index >= 15 is 0 Å². The van der Waals surface area contributed by atoms with Crippen molar-refractivity contribution in [2.75, 3.05) is 0 Å². The second kappa shape index (κ2) is 4.66. The summed E-state index contributed by atoms with van der Waals surface area (Å²) < 4.78 is 5.53. The lowest BCUT2D eigenvalue weighted by atomic mass is 10.2. The van der Waals surface area contributed by atoms with Gasteiger partial charge in [0.05, 0.1) is 5.69 Å². The van der Waals surface area contributed by atoms with E-state index in [1.807, 2.05) is 30.3 Å². The van der Waals surface area contributed by atoms with Gasteiger partial charge in [0.2, 0.25) is 5.78 Å². The van der Waals surface area contributed by atoms with E-state index in [1.54, 1.807) is 25.3 Å². The van der Waals surface area contributed by atoms with Crippen LogP contribution in [0.4, 0.5) is 0 Å². The third-order valence-corrected chi connectivity index (χ3v) is 2.29. The molecule has 1 atom stereocenters. The topological polar surface area (TPSA) is 42.1 Å². The average molecular weight is 215 g/mol. The van der Waals surface area contributed by atoms with Crippen molar-refractivity contribution < 1.29 is 9.53 Å². The summed E-state index contributed by atoms with van der Waals surface area (Å²) in [6, 6.07) is 12.9. The molecule has 0 aliphatic rings. The number of carbonyl (C=O) groups is 1. The fourth-order valence-corrected chi connectivity index (χ4v) is 1.46. The molecular weight excluding hydrogens is 202 g/mol. The zero-order valence-electron chi connectivity index (χ0n) is 9.01. The minimum atomic E-state index is -0.485. The van der Waals surface area contributed by atoms with Crippen LogP contribution in [0.25, 0.3) is 0 Å². The first-order valence-electron chi connectivity index (χ1n) is 5.16. The summed E-state index contributed by atoms with van der Waals surface area (Å²) in [6.45, 7) is 1.75. The van der Waals surface area contributed by atoms with Gasteiger partial charge in [-0.25, -0.2) is 0 Å². The Balaban J connectivity index is 2.04. The van der Waals surface area contributed by atoms with Gasteiger partial charge in [-0.3, -0.25) is 4.79 Å². The molecule has 1 N–H and O–H groups in total. The Bertz CT molecular complexity index is 448. The second-order valence-corrected chi connectivity index (χ2v) is 3.52. The van der Waals surface area contributed by atoms with Crippen LogP contribution in [0.5, 0.6) is 5.75 Å². The molecule has 0 radical (unpaired) electrons. The lowest BCUT2D eigenvalue weighted by molar-refractivity contribution is 0.0813. The number of hydrogen-bond acceptors (Lipinski definition) is 2. The summed E-state index contributed by atoms with van der Waals surface area (Å²) in [6.07, 6.45) is 1.24. The standard InChI is InChI=1S/C13H13NO2/c1-10(13(15)12-8-5-9-14-12)16-11-6-3-2-4-7-11/h2-10,14H,1H3. The van der Waals surface area contributed by atoms with Crippen LogP contribution in [-0.4, -0.2) is 16.9 Å². The van der Waals surface area contributed by atoms with Crippen LogP contribution in [0.3, 0.4) is 0 Å². The van der Waals surface area contributed by atoms with E-state index in [9.17, 15) is 4.79 Å². The van der Waals surface area contributed by atoms with Crippen LogP contribution in [0, 0.1) is 0 Å². The molecule has 1 heterocycles. The van der Waals surface area contributed by atoms with Crippen molar-refractivity contribution >= 4 is 5.78 Å². The van der Waals surface area contributed by atoms with Crippen LogP contribution in [0.1, 0.15) is 17.4 Å². The third kappa shape index (κ3) is 2.31. The largest absolute Gasteiger partial charge is 0.483 e. The number of benzene rings is 1. The third-order valence-electron chi connectivity index (χ3n) is 2.29. The number of nitrogens with one attached hydrogen (secondary N) is 1. The predicted molar refractivity (Wildman–Crippen MR) is 61.7 cm³/mol. The number of carbonyl (C=O) groups excluding carboxylic acids is 1. The van der Waals surface area contributed by atoms with Gasteiger partial charge < -0.3 is 9.72 Å². The molecule has 82 valence electrons. The monoisotopic (exact) mass is 215 g/mol. The molecule has 1 aromatic carbocycles. The number of ether oxygens (including phenoxy) is 1. The molecule has 0 amide bonds. The van der Waals surface area contributed by atoms with E-state index in [4.69, 9.17) is 4.74 Å². The lowest BCUT2D eigenvalue weighted by Crippen LogP contribution is -2.24. The highest BCUT2D eigenvalue weighted by molar-refractivity contribution is 5.97. The minimum Gasteiger partial charge on any atom is -0.483 e. The predicted octanol–water partition coefficient (Wildman–Crippen LogP) is 2.66. The summed E-state index contributed by atoms with van der Waals surface area (Å²) in [5.74, 6) is 0.656. The van der Waals surface area contributed by atoms with Crippen LogP contribution >= 0.6 is 0 Å². The van der Waals surface area contributed by atoms with E-state index < -0.39 is 6.10 Å². The highest BCUT2D eigenvalue weighted by atomic mass is 16.5.